The second-order valence-electron chi connectivity index (χ2n) is 5.38. The highest BCUT2D eigenvalue weighted by Gasteiger charge is 2.14. The van der Waals surface area contributed by atoms with Gasteiger partial charge in [0.05, 0.1) is 13.2 Å². The van der Waals surface area contributed by atoms with Gasteiger partial charge in [-0.2, -0.15) is 0 Å². The maximum Gasteiger partial charge on any atom is 0.119 e. The van der Waals surface area contributed by atoms with Crippen molar-refractivity contribution in [2.45, 2.75) is 33.3 Å². The van der Waals surface area contributed by atoms with E-state index < -0.39 is 6.10 Å². The maximum absolute atomic E-state index is 10.5. The average molecular weight is 270 g/mol. The van der Waals surface area contributed by atoms with Crippen LogP contribution in [-0.4, -0.2) is 12.2 Å². The van der Waals surface area contributed by atoms with Crippen LogP contribution in [0.15, 0.2) is 36.4 Å². The number of hydrogen-bond acceptors (Lipinski definition) is 2. The molecule has 0 saturated carbocycles. The van der Waals surface area contributed by atoms with Crippen LogP contribution in [0.25, 0.3) is 0 Å². The van der Waals surface area contributed by atoms with Crippen molar-refractivity contribution >= 4 is 0 Å². The molecule has 1 atom stereocenters. The predicted octanol–water partition coefficient (Wildman–Crippen LogP) is 3.90. The number of rotatable bonds is 4. The van der Waals surface area contributed by atoms with Gasteiger partial charge in [0.15, 0.2) is 0 Å². The first-order valence-corrected chi connectivity index (χ1v) is 6.90. The van der Waals surface area contributed by atoms with Crippen molar-refractivity contribution in [1.29, 1.82) is 0 Å². The summed E-state index contributed by atoms with van der Waals surface area (Å²) in [6.07, 6.45) is 0.116. The largest absolute Gasteiger partial charge is 0.497 e. The van der Waals surface area contributed by atoms with Gasteiger partial charge in [0.2, 0.25) is 0 Å². The lowest BCUT2D eigenvalue weighted by atomic mass is 9.92. The molecule has 20 heavy (non-hydrogen) atoms. The van der Waals surface area contributed by atoms with E-state index in [1.54, 1.807) is 7.11 Å². The van der Waals surface area contributed by atoms with E-state index in [1.165, 1.54) is 5.56 Å². The van der Waals surface area contributed by atoms with Crippen LogP contribution in [0.4, 0.5) is 0 Å². The summed E-state index contributed by atoms with van der Waals surface area (Å²) in [5, 5.41) is 10.5. The molecule has 0 spiro atoms. The molecule has 2 rings (SSSR count). The Hall–Kier alpha value is -1.80. The Bertz CT molecular complexity index is 579. The molecule has 0 aliphatic heterocycles. The Morgan fingerprint density at radius 1 is 1.05 bits per heavy atom. The minimum Gasteiger partial charge on any atom is -0.497 e. The summed E-state index contributed by atoms with van der Waals surface area (Å²) in [6, 6.07) is 12.1. The quantitative estimate of drug-likeness (QED) is 0.913. The van der Waals surface area contributed by atoms with E-state index >= 15 is 0 Å². The Kier molecular flexibility index (Phi) is 4.46. The Balaban J connectivity index is 2.26. The molecule has 0 aliphatic carbocycles. The number of methoxy groups -OCH3 is 1. The number of aliphatic hydroxyl groups excluding tert-OH is 1. The summed E-state index contributed by atoms with van der Waals surface area (Å²) in [5.41, 5.74) is 5.66. The Labute approximate surface area is 121 Å². The summed E-state index contributed by atoms with van der Waals surface area (Å²) >= 11 is 0. The molecule has 2 aromatic rings. The number of benzene rings is 2. The van der Waals surface area contributed by atoms with Crippen LogP contribution in [-0.2, 0) is 6.42 Å². The van der Waals surface area contributed by atoms with E-state index in [0.29, 0.717) is 6.42 Å². The number of aliphatic hydroxyl groups is 1. The zero-order chi connectivity index (χ0) is 14.7. The summed E-state index contributed by atoms with van der Waals surface area (Å²) < 4.78 is 5.22. The first-order valence-electron chi connectivity index (χ1n) is 6.90. The van der Waals surface area contributed by atoms with Crippen LogP contribution < -0.4 is 4.74 Å². The molecule has 2 nitrogen and oxygen atoms in total. The zero-order valence-corrected chi connectivity index (χ0v) is 12.6. The standard InChI is InChI=1S/C18H22O2/c1-12-8-13(2)18(14(3)9-12)17(19)11-15-6-5-7-16(10-15)20-4/h5-10,17,19H,11H2,1-4H3. The molecule has 0 aromatic heterocycles. The normalized spacial score (nSPS) is 12.2. The Morgan fingerprint density at radius 2 is 1.70 bits per heavy atom. The first-order chi connectivity index (χ1) is 9.51. The molecule has 0 fully saturated rings. The molecule has 0 radical (unpaired) electrons. The highest BCUT2D eigenvalue weighted by molar-refractivity contribution is 5.40. The van der Waals surface area contributed by atoms with E-state index in [0.717, 1.165) is 28.0 Å². The monoisotopic (exact) mass is 270 g/mol. The van der Waals surface area contributed by atoms with Crippen LogP contribution in [0.3, 0.4) is 0 Å². The summed E-state index contributed by atoms with van der Waals surface area (Å²) in [7, 11) is 1.66. The van der Waals surface area contributed by atoms with Gasteiger partial charge in [-0.05, 0) is 55.2 Å². The fourth-order valence-corrected chi connectivity index (χ4v) is 2.84. The molecule has 2 heteroatoms. The topological polar surface area (TPSA) is 29.5 Å². The van der Waals surface area contributed by atoms with E-state index in [1.807, 2.05) is 24.3 Å². The van der Waals surface area contributed by atoms with Crippen molar-refractivity contribution in [3.05, 3.63) is 64.2 Å². The van der Waals surface area contributed by atoms with Crippen molar-refractivity contribution in [2.24, 2.45) is 0 Å². The predicted molar refractivity (Wildman–Crippen MR) is 82.3 cm³/mol. The Morgan fingerprint density at radius 3 is 2.30 bits per heavy atom. The van der Waals surface area contributed by atoms with Gasteiger partial charge in [-0.25, -0.2) is 0 Å². The minimum atomic E-state index is -0.484. The fourth-order valence-electron chi connectivity index (χ4n) is 2.84. The van der Waals surface area contributed by atoms with E-state index in [2.05, 4.69) is 32.9 Å². The molecule has 0 amide bonds. The lowest BCUT2D eigenvalue weighted by Crippen LogP contribution is -2.06. The highest BCUT2D eigenvalue weighted by atomic mass is 16.5. The van der Waals surface area contributed by atoms with Crippen LogP contribution >= 0.6 is 0 Å². The minimum absolute atomic E-state index is 0.484. The third-order valence-corrected chi connectivity index (χ3v) is 3.63. The van der Waals surface area contributed by atoms with Crippen molar-refractivity contribution in [3.8, 4) is 5.75 Å². The zero-order valence-electron chi connectivity index (χ0n) is 12.6. The molecule has 0 aliphatic rings. The number of hydrogen-bond donors (Lipinski definition) is 1. The van der Waals surface area contributed by atoms with Crippen molar-refractivity contribution < 1.29 is 9.84 Å². The first kappa shape index (κ1) is 14.6. The second-order valence-corrected chi connectivity index (χ2v) is 5.38. The smallest absolute Gasteiger partial charge is 0.119 e. The molecule has 1 N–H and O–H groups in total. The SMILES string of the molecule is COc1cccc(CC(O)c2c(C)cc(C)cc2C)c1. The molecule has 106 valence electrons. The van der Waals surface area contributed by atoms with Crippen molar-refractivity contribution in [1.82, 2.24) is 0 Å². The summed E-state index contributed by atoms with van der Waals surface area (Å²) in [4.78, 5) is 0. The summed E-state index contributed by atoms with van der Waals surface area (Å²) in [5.74, 6) is 0.826. The van der Waals surface area contributed by atoms with Gasteiger partial charge in [0, 0.05) is 6.42 Å². The van der Waals surface area contributed by atoms with E-state index in [4.69, 9.17) is 4.74 Å². The lowest BCUT2D eigenvalue weighted by Gasteiger charge is -2.18. The molecule has 1 unspecified atom stereocenters. The van der Waals surface area contributed by atoms with Crippen molar-refractivity contribution in [3.63, 3.8) is 0 Å². The van der Waals surface area contributed by atoms with Crippen LogP contribution in [0, 0.1) is 20.8 Å². The average Bonchev–Trinajstić information content (AvgIpc) is 2.37. The molecule has 0 saturated heterocycles. The van der Waals surface area contributed by atoms with Gasteiger partial charge in [-0.15, -0.1) is 0 Å². The summed E-state index contributed by atoms with van der Waals surface area (Å²) in [6.45, 7) is 6.20. The van der Waals surface area contributed by atoms with Crippen molar-refractivity contribution in [2.75, 3.05) is 7.11 Å². The van der Waals surface area contributed by atoms with E-state index in [9.17, 15) is 5.11 Å². The molecule has 0 heterocycles. The lowest BCUT2D eigenvalue weighted by molar-refractivity contribution is 0.177. The van der Waals surface area contributed by atoms with Gasteiger partial charge in [-0.3, -0.25) is 0 Å². The molecular formula is C18H22O2. The van der Waals surface area contributed by atoms with Crippen LogP contribution in [0.2, 0.25) is 0 Å². The molecule has 0 bridgehead atoms. The van der Waals surface area contributed by atoms with Crippen LogP contribution in [0.5, 0.6) is 5.75 Å². The third-order valence-electron chi connectivity index (χ3n) is 3.63. The van der Waals surface area contributed by atoms with Gasteiger partial charge >= 0.3 is 0 Å². The van der Waals surface area contributed by atoms with Gasteiger partial charge < -0.3 is 9.84 Å². The maximum atomic E-state index is 10.5. The third kappa shape index (κ3) is 3.20. The second kappa shape index (κ2) is 6.10. The van der Waals surface area contributed by atoms with Gasteiger partial charge in [0.1, 0.15) is 5.75 Å². The number of ether oxygens (including phenoxy) is 1. The van der Waals surface area contributed by atoms with Gasteiger partial charge in [0.25, 0.3) is 0 Å². The fraction of sp³-hybridized carbons (Fsp3) is 0.333. The highest BCUT2D eigenvalue weighted by Crippen LogP contribution is 2.27. The van der Waals surface area contributed by atoms with Crippen LogP contribution in [0.1, 0.15) is 33.9 Å². The van der Waals surface area contributed by atoms with E-state index in [-0.39, 0.29) is 0 Å². The van der Waals surface area contributed by atoms with Gasteiger partial charge in [-0.1, -0.05) is 29.8 Å². The molecule has 2 aromatic carbocycles. The number of aryl methyl sites for hydroxylation is 3. The molecular weight excluding hydrogens is 248 g/mol.